The van der Waals surface area contributed by atoms with Gasteiger partial charge >= 0.3 is 5.97 Å². The molecule has 9 N–H and O–H groups in total. The number of hydrogen-bond donors (Lipinski definition) is 3. The maximum atomic E-state index is 9.60. The Morgan fingerprint density at radius 3 is 1.78 bits per heavy atom. The normalized spacial score (nSPS) is 5.44. The molecule has 9 heavy (non-hydrogen) atoms. The van der Waals surface area contributed by atoms with Gasteiger partial charge in [-0.2, -0.15) is 0 Å². The Balaban J connectivity index is -0.0000000417. The zero-order valence-corrected chi connectivity index (χ0v) is 5.68. The molecular formula is C4H16N2O3. The van der Waals surface area contributed by atoms with Gasteiger partial charge in [-0.05, 0) is 6.42 Å². The molecule has 0 aromatic heterocycles. The molecule has 0 aromatic rings. The molecule has 0 amide bonds. The first-order valence-electron chi connectivity index (χ1n) is 1.99. The van der Waals surface area contributed by atoms with Gasteiger partial charge in [-0.1, -0.05) is 6.92 Å². The Kier molecular flexibility index (Phi) is 41.5. The van der Waals surface area contributed by atoms with Crippen molar-refractivity contribution < 1.29 is 15.4 Å². The van der Waals surface area contributed by atoms with Crippen molar-refractivity contribution in [3.05, 3.63) is 0 Å². The summed E-state index contributed by atoms with van der Waals surface area (Å²) < 4.78 is 0. The first-order valence-corrected chi connectivity index (χ1v) is 1.99. The molecule has 0 spiro atoms. The van der Waals surface area contributed by atoms with Gasteiger partial charge in [0.15, 0.2) is 0 Å². The molecule has 0 rings (SSSR count). The van der Waals surface area contributed by atoms with Gasteiger partial charge in [0.05, 0.1) is 0 Å². The van der Waals surface area contributed by atoms with Gasteiger partial charge in [0.25, 0.3) is 0 Å². The van der Waals surface area contributed by atoms with Crippen LogP contribution >= 0.6 is 0 Å². The van der Waals surface area contributed by atoms with Gasteiger partial charge in [-0.15, -0.1) is 0 Å². The van der Waals surface area contributed by atoms with E-state index in [2.05, 4.69) is 0 Å². The second kappa shape index (κ2) is 15.7. The van der Waals surface area contributed by atoms with Crippen molar-refractivity contribution in [2.24, 2.45) is 0 Å². The Morgan fingerprint density at radius 2 is 1.78 bits per heavy atom. The van der Waals surface area contributed by atoms with E-state index in [9.17, 15) is 4.79 Å². The minimum Gasteiger partial charge on any atom is -0.481 e. The molecule has 0 aliphatic rings. The number of aliphatic carboxylic acids is 1. The lowest BCUT2D eigenvalue weighted by Gasteiger charge is -1.79. The van der Waals surface area contributed by atoms with Crippen molar-refractivity contribution in [2.45, 2.75) is 19.8 Å². The maximum absolute atomic E-state index is 9.60. The number of carboxylic acid groups (broad SMARTS) is 1. The van der Waals surface area contributed by atoms with Crippen LogP contribution in [0.25, 0.3) is 0 Å². The Morgan fingerprint density at radius 1 is 1.44 bits per heavy atom. The van der Waals surface area contributed by atoms with Crippen LogP contribution in [0.4, 0.5) is 0 Å². The third-order valence-electron chi connectivity index (χ3n) is 0.464. The summed E-state index contributed by atoms with van der Waals surface area (Å²) in [6, 6.07) is 0. The molecule has 0 aliphatic carbocycles. The van der Waals surface area contributed by atoms with Crippen molar-refractivity contribution in [2.75, 3.05) is 0 Å². The highest BCUT2D eigenvalue weighted by Crippen LogP contribution is 1.82. The molecule has 0 aliphatic heterocycles. The smallest absolute Gasteiger partial charge is 0.303 e. The molecule has 5 heteroatoms. The summed E-state index contributed by atoms with van der Waals surface area (Å²) in [6.45, 7) is 1.84. The molecule has 0 atom stereocenters. The van der Waals surface area contributed by atoms with E-state index in [1.54, 1.807) is 0 Å². The van der Waals surface area contributed by atoms with Crippen molar-refractivity contribution in [1.82, 2.24) is 12.3 Å². The molecule has 0 unspecified atom stereocenters. The van der Waals surface area contributed by atoms with Gasteiger partial charge in [0, 0.05) is 6.42 Å². The monoisotopic (exact) mass is 140 g/mol. The molecule has 60 valence electrons. The van der Waals surface area contributed by atoms with Crippen LogP contribution in [0.15, 0.2) is 0 Å². The summed E-state index contributed by atoms with van der Waals surface area (Å²) in [5.74, 6) is -0.711. The summed E-state index contributed by atoms with van der Waals surface area (Å²) in [5.41, 5.74) is 0. The average Bonchev–Trinajstić information content (AvgIpc) is 1.35. The van der Waals surface area contributed by atoms with E-state index in [4.69, 9.17) is 5.11 Å². The van der Waals surface area contributed by atoms with E-state index < -0.39 is 5.97 Å². The zero-order chi connectivity index (χ0) is 4.99. The topological polar surface area (TPSA) is 139 Å². The minimum absolute atomic E-state index is 0. The van der Waals surface area contributed by atoms with E-state index in [0.717, 1.165) is 6.42 Å². The Hall–Kier alpha value is -0.650. The fourth-order valence-corrected chi connectivity index (χ4v) is 0.214. The van der Waals surface area contributed by atoms with Crippen molar-refractivity contribution in [3.8, 4) is 0 Å². The zero-order valence-electron chi connectivity index (χ0n) is 5.68. The molecule has 0 aromatic carbocycles. The van der Waals surface area contributed by atoms with Crippen LogP contribution in [0.1, 0.15) is 19.8 Å². The first-order chi connectivity index (χ1) is 2.77. The van der Waals surface area contributed by atoms with Gasteiger partial charge in [-0.3, -0.25) is 4.79 Å². The van der Waals surface area contributed by atoms with Gasteiger partial charge in [0.1, 0.15) is 0 Å². The van der Waals surface area contributed by atoms with Crippen LogP contribution in [-0.2, 0) is 4.79 Å². The molecule has 0 bridgehead atoms. The lowest BCUT2D eigenvalue weighted by Crippen LogP contribution is -1.90. The molecule has 0 saturated carbocycles. The number of carbonyl (C=O) groups is 1. The van der Waals surface area contributed by atoms with Crippen LogP contribution in [0.2, 0.25) is 0 Å². The van der Waals surface area contributed by atoms with Crippen LogP contribution in [-0.4, -0.2) is 16.6 Å². The van der Waals surface area contributed by atoms with E-state index in [-0.39, 0.29) is 17.8 Å². The molecule has 0 fully saturated rings. The Bertz CT molecular complexity index is 57.8. The third-order valence-corrected chi connectivity index (χ3v) is 0.464. The predicted octanol–water partition coefficient (Wildman–Crippen LogP) is 0.370. The van der Waals surface area contributed by atoms with Crippen molar-refractivity contribution >= 4 is 5.97 Å². The van der Waals surface area contributed by atoms with E-state index in [0.29, 0.717) is 6.42 Å². The first kappa shape index (κ1) is 23.8. The van der Waals surface area contributed by atoms with E-state index in [1.165, 1.54) is 0 Å². The SMILES string of the molecule is CCCC(=O)O.N.N.O. The average molecular weight is 140 g/mol. The standard InChI is InChI=1S/C4H8O2.2H3N.H2O/c1-2-3-4(5)6;;;/h2-3H2,1H3,(H,5,6);2*1H3;1H2. The lowest BCUT2D eigenvalue weighted by molar-refractivity contribution is -0.137. The summed E-state index contributed by atoms with van der Waals surface area (Å²) >= 11 is 0. The summed E-state index contributed by atoms with van der Waals surface area (Å²) in [4.78, 5) is 9.60. The van der Waals surface area contributed by atoms with Crippen molar-refractivity contribution in [3.63, 3.8) is 0 Å². The number of rotatable bonds is 2. The summed E-state index contributed by atoms with van der Waals surface area (Å²) in [5, 5.41) is 7.91. The second-order valence-corrected chi connectivity index (χ2v) is 1.14. The number of carboxylic acids is 1. The molecular weight excluding hydrogens is 124 g/mol. The van der Waals surface area contributed by atoms with Gasteiger partial charge in [-0.25, -0.2) is 0 Å². The highest BCUT2D eigenvalue weighted by Gasteiger charge is 1.87. The second-order valence-electron chi connectivity index (χ2n) is 1.14. The van der Waals surface area contributed by atoms with Crippen molar-refractivity contribution in [1.29, 1.82) is 0 Å². The largest absolute Gasteiger partial charge is 0.481 e. The van der Waals surface area contributed by atoms with Crippen LogP contribution in [0.5, 0.6) is 0 Å². The minimum atomic E-state index is -0.711. The van der Waals surface area contributed by atoms with Crippen LogP contribution < -0.4 is 12.3 Å². The van der Waals surface area contributed by atoms with Gasteiger partial charge in [0.2, 0.25) is 0 Å². The van der Waals surface area contributed by atoms with Gasteiger partial charge < -0.3 is 22.9 Å². The summed E-state index contributed by atoms with van der Waals surface area (Å²) in [6.07, 6.45) is 1.02. The Labute approximate surface area is 54.5 Å². The maximum Gasteiger partial charge on any atom is 0.303 e. The molecule has 0 radical (unpaired) electrons. The van der Waals surface area contributed by atoms with E-state index >= 15 is 0 Å². The highest BCUT2D eigenvalue weighted by molar-refractivity contribution is 5.66. The summed E-state index contributed by atoms with van der Waals surface area (Å²) in [7, 11) is 0. The van der Waals surface area contributed by atoms with Crippen LogP contribution in [0, 0.1) is 0 Å². The fourth-order valence-electron chi connectivity index (χ4n) is 0.214. The molecule has 5 nitrogen and oxygen atoms in total. The highest BCUT2D eigenvalue weighted by atomic mass is 16.4. The molecule has 0 heterocycles. The van der Waals surface area contributed by atoms with Crippen LogP contribution in [0.3, 0.4) is 0 Å². The lowest BCUT2D eigenvalue weighted by atomic mass is 10.4. The molecule has 0 saturated heterocycles. The quantitative estimate of drug-likeness (QED) is 0.509. The predicted molar refractivity (Wildman–Crippen MR) is 36.2 cm³/mol. The van der Waals surface area contributed by atoms with E-state index in [1.807, 2.05) is 6.92 Å². The fraction of sp³-hybridized carbons (Fsp3) is 0.750. The number of hydrogen-bond acceptors (Lipinski definition) is 3. The third kappa shape index (κ3) is 38.1.